The highest BCUT2D eigenvalue weighted by atomic mass is 16.3. The average Bonchev–Trinajstić information content (AvgIpc) is 2.86. The Balaban J connectivity index is 1.70. The molecule has 5 atom stereocenters. The van der Waals surface area contributed by atoms with Crippen molar-refractivity contribution in [1.82, 2.24) is 0 Å². The summed E-state index contributed by atoms with van der Waals surface area (Å²) in [5, 5.41) is 30.7. The van der Waals surface area contributed by atoms with E-state index in [1.807, 2.05) is 12.1 Å². The fourth-order valence-corrected chi connectivity index (χ4v) is 6.63. The summed E-state index contributed by atoms with van der Waals surface area (Å²) in [4.78, 5) is 0. The number of benzene rings is 1. The lowest BCUT2D eigenvalue weighted by atomic mass is 9.53. The van der Waals surface area contributed by atoms with Crippen molar-refractivity contribution in [1.29, 1.82) is 5.26 Å². The highest BCUT2D eigenvalue weighted by molar-refractivity contribution is 5.50. The minimum atomic E-state index is -0.496. The van der Waals surface area contributed by atoms with Crippen LogP contribution in [0.5, 0.6) is 5.75 Å². The molecule has 25 heavy (non-hydrogen) atoms. The van der Waals surface area contributed by atoms with E-state index in [2.05, 4.69) is 19.9 Å². The molecule has 3 heteroatoms. The van der Waals surface area contributed by atoms with Gasteiger partial charge in [0.15, 0.2) is 0 Å². The maximum atomic E-state index is 11.4. The molecule has 0 aliphatic heterocycles. The van der Waals surface area contributed by atoms with Crippen molar-refractivity contribution in [3.05, 3.63) is 28.8 Å². The van der Waals surface area contributed by atoms with Gasteiger partial charge < -0.3 is 10.2 Å². The molecule has 0 heterocycles. The number of hydrogen-bond donors (Lipinski definition) is 2. The van der Waals surface area contributed by atoms with Crippen LogP contribution in [0.4, 0.5) is 0 Å². The van der Waals surface area contributed by atoms with Gasteiger partial charge in [-0.25, -0.2) is 0 Å². The number of nitriles is 1. The molecule has 4 rings (SSSR count). The monoisotopic (exact) mass is 339 g/mol. The summed E-state index contributed by atoms with van der Waals surface area (Å²) >= 11 is 0. The molecule has 0 amide bonds. The van der Waals surface area contributed by atoms with E-state index in [0.717, 1.165) is 51.4 Å². The number of phenols is 1. The van der Waals surface area contributed by atoms with Gasteiger partial charge in [0.25, 0.3) is 0 Å². The Morgan fingerprint density at radius 2 is 2.04 bits per heavy atom. The summed E-state index contributed by atoms with van der Waals surface area (Å²) in [7, 11) is 0. The number of aliphatic hydroxyl groups is 1. The van der Waals surface area contributed by atoms with Crippen LogP contribution in [-0.4, -0.2) is 15.8 Å². The highest BCUT2D eigenvalue weighted by Crippen LogP contribution is 2.65. The van der Waals surface area contributed by atoms with E-state index in [1.54, 1.807) is 0 Å². The Morgan fingerprint density at radius 1 is 1.24 bits per heavy atom. The van der Waals surface area contributed by atoms with Gasteiger partial charge in [-0.2, -0.15) is 5.26 Å². The molecule has 2 saturated carbocycles. The zero-order valence-corrected chi connectivity index (χ0v) is 15.4. The molecule has 0 radical (unpaired) electrons. The van der Waals surface area contributed by atoms with Gasteiger partial charge in [-0.15, -0.1) is 0 Å². The van der Waals surface area contributed by atoms with Crippen LogP contribution < -0.4 is 0 Å². The van der Waals surface area contributed by atoms with Crippen molar-refractivity contribution in [2.75, 3.05) is 0 Å². The van der Waals surface area contributed by atoms with E-state index in [1.165, 1.54) is 11.1 Å². The van der Waals surface area contributed by atoms with Crippen LogP contribution in [0.15, 0.2) is 12.1 Å². The highest BCUT2D eigenvalue weighted by Gasteiger charge is 2.60. The number of aryl methyl sites for hydroxylation is 1. The summed E-state index contributed by atoms with van der Waals surface area (Å²) in [6.07, 6.45) is 8.31. The first-order chi connectivity index (χ1) is 11.9. The van der Waals surface area contributed by atoms with E-state index in [0.29, 0.717) is 23.3 Å². The lowest BCUT2D eigenvalue weighted by Gasteiger charge is -2.53. The topological polar surface area (TPSA) is 64.2 Å². The summed E-state index contributed by atoms with van der Waals surface area (Å²) in [6, 6.07) is 5.90. The van der Waals surface area contributed by atoms with Crippen molar-refractivity contribution in [3.8, 4) is 11.8 Å². The fourth-order valence-electron chi connectivity index (χ4n) is 6.63. The molecular formula is C22H29NO2. The lowest BCUT2D eigenvalue weighted by molar-refractivity contribution is -0.107. The van der Waals surface area contributed by atoms with Crippen molar-refractivity contribution in [2.24, 2.45) is 17.3 Å². The zero-order chi connectivity index (χ0) is 17.8. The summed E-state index contributed by atoms with van der Waals surface area (Å²) in [6.45, 7) is 4.51. The van der Waals surface area contributed by atoms with Crippen LogP contribution in [0.3, 0.4) is 0 Å². The number of fused-ring (bicyclic) bond motifs is 5. The maximum Gasteiger partial charge on any atom is 0.133 e. The van der Waals surface area contributed by atoms with Crippen LogP contribution in [0.25, 0.3) is 0 Å². The number of hydrogen-bond acceptors (Lipinski definition) is 3. The predicted octanol–water partition coefficient (Wildman–Crippen LogP) is 4.65. The molecule has 3 nitrogen and oxygen atoms in total. The molecule has 2 fully saturated rings. The molecule has 0 aromatic heterocycles. The van der Waals surface area contributed by atoms with E-state index in [-0.39, 0.29) is 11.2 Å². The van der Waals surface area contributed by atoms with Crippen LogP contribution >= 0.6 is 0 Å². The van der Waals surface area contributed by atoms with Crippen LogP contribution in [0.2, 0.25) is 0 Å². The lowest BCUT2D eigenvalue weighted by Crippen LogP contribution is -2.50. The smallest absolute Gasteiger partial charge is 0.133 e. The van der Waals surface area contributed by atoms with Crippen LogP contribution in [0, 0.1) is 28.6 Å². The molecule has 134 valence electrons. The van der Waals surface area contributed by atoms with E-state index in [4.69, 9.17) is 0 Å². The molecule has 2 N–H and O–H groups in total. The third-order valence-electron chi connectivity index (χ3n) is 7.95. The predicted molar refractivity (Wildman–Crippen MR) is 97.3 cm³/mol. The first kappa shape index (κ1) is 16.9. The molecule has 0 saturated heterocycles. The molecule has 0 spiro atoms. The van der Waals surface area contributed by atoms with Crippen molar-refractivity contribution in [3.63, 3.8) is 0 Å². The van der Waals surface area contributed by atoms with Crippen LogP contribution in [0.1, 0.15) is 81.4 Å². The van der Waals surface area contributed by atoms with Gasteiger partial charge in [-0.1, -0.05) is 20.3 Å². The number of phenolic OH excluding ortho intramolecular Hbond substituents is 1. The third-order valence-corrected chi connectivity index (χ3v) is 7.95. The normalized spacial score (nSPS) is 39.2. The maximum absolute atomic E-state index is 11.4. The van der Waals surface area contributed by atoms with Gasteiger partial charge >= 0.3 is 0 Å². The Morgan fingerprint density at radius 3 is 2.76 bits per heavy atom. The first-order valence-electron chi connectivity index (χ1n) is 9.92. The van der Waals surface area contributed by atoms with Gasteiger partial charge in [-0.05, 0) is 91.4 Å². The van der Waals surface area contributed by atoms with E-state index < -0.39 is 5.60 Å². The minimum Gasteiger partial charge on any atom is -0.507 e. The Bertz CT molecular complexity index is 736. The minimum absolute atomic E-state index is 0.0384. The van der Waals surface area contributed by atoms with Crippen molar-refractivity contribution < 1.29 is 10.2 Å². The van der Waals surface area contributed by atoms with Gasteiger partial charge in [0, 0.05) is 0 Å². The summed E-state index contributed by atoms with van der Waals surface area (Å²) in [5.41, 5.74) is 2.46. The van der Waals surface area contributed by atoms with Gasteiger partial charge in [0.1, 0.15) is 11.8 Å². The second-order valence-electron chi connectivity index (χ2n) is 8.87. The summed E-state index contributed by atoms with van der Waals surface area (Å²) < 4.78 is 0. The van der Waals surface area contributed by atoms with Crippen molar-refractivity contribution in [2.45, 2.75) is 76.7 Å². The molecule has 3 aliphatic rings. The second-order valence-corrected chi connectivity index (χ2v) is 8.87. The number of rotatable bonds is 2. The first-order valence-corrected chi connectivity index (χ1v) is 9.92. The average molecular weight is 339 g/mol. The molecular weight excluding hydrogens is 310 g/mol. The molecule has 3 unspecified atom stereocenters. The SMILES string of the molecule is CCC[C@]1(O)CCC2C3CCc4cc(O)c(C#N)cc4C3CC[C@@]21C. The number of nitrogens with zero attached hydrogens (tertiary/aromatic N) is 1. The quantitative estimate of drug-likeness (QED) is 0.824. The molecule has 0 bridgehead atoms. The third kappa shape index (κ3) is 2.27. The zero-order valence-electron chi connectivity index (χ0n) is 15.4. The Kier molecular flexibility index (Phi) is 3.88. The van der Waals surface area contributed by atoms with Gasteiger partial charge in [0.05, 0.1) is 11.2 Å². The van der Waals surface area contributed by atoms with E-state index >= 15 is 0 Å². The summed E-state index contributed by atoms with van der Waals surface area (Å²) in [5.74, 6) is 1.79. The Labute approximate surface area is 150 Å². The fraction of sp³-hybridized carbons (Fsp3) is 0.682. The molecule has 3 aliphatic carbocycles. The van der Waals surface area contributed by atoms with Crippen molar-refractivity contribution >= 4 is 0 Å². The van der Waals surface area contributed by atoms with E-state index in [9.17, 15) is 15.5 Å². The second kappa shape index (κ2) is 5.74. The van der Waals surface area contributed by atoms with Crippen LogP contribution in [-0.2, 0) is 6.42 Å². The molecule has 1 aromatic rings. The molecule has 1 aromatic carbocycles. The van der Waals surface area contributed by atoms with Gasteiger partial charge in [-0.3, -0.25) is 0 Å². The standard InChI is InChI=1S/C22H29NO2/c1-3-8-22(25)10-7-19-17-5-4-14-12-20(24)15(13-23)11-18(14)16(17)6-9-21(19,22)2/h11-12,16-17,19,24-25H,3-10H2,1-2H3/t16?,17?,19?,21-,22-/m0/s1. The van der Waals surface area contributed by atoms with Gasteiger partial charge in [0.2, 0.25) is 0 Å². The largest absolute Gasteiger partial charge is 0.507 e. The Hall–Kier alpha value is -1.53. The number of aromatic hydroxyl groups is 1.